The van der Waals surface area contributed by atoms with E-state index in [0.717, 1.165) is 0 Å². The maximum atomic E-state index is 11.6. The number of anilines is 1. The second-order valence-corrected chi connectivity index (χ2v) is 5.62. The Balaban J connectivity index is 1.92. The van der Waals surface area contributed by atoms with Gasteiger partial charge in [-0.2, -0.15) is 0 Å². The Hall–Kier alpha value is -1.46. The monoisotopic (exact) mass is 303 g/mol. The lowest BCUT2D eigenvalue weighted by molar-refractivity contribution is -0.135. The molecule has 5 nitrogen and oxygen atoms in total. The van der Waals surface area contributed by atoms with Crippen LogP contribution in [0.4, 0.5) is 10.5 Å². The maximum Gasteiger partial charge on any atom is 0.411 e. The molecule has 0 aliphatic heterocycles. The molecule has 19 heavy (non-hydrogen) atoms. The lowest BCUT2D eigenvalue weighted by Gasteiger charge is -2.06. The molecule has 7 heteroatoms. The van der Waals surface area contributed by atoms with Crippen molar-refractivity contribution < 1.29 is 19.1 Å². The van der Waals surface area contributed by atoms with E-state index >= 15 is 0 Å². The molecule has 102 valence electrons. The molecule has 0 radical (unpaired) electrons. The first kappa shape index (κ1) is 14.0. The number of hydrogen-bond acceptors (Lipinski definition) is 4. The fraction of sp³-hybridized carbons (Fsp3) is 0.333. The van der Waals surface area contributed by atoms with Crippen molar-refractivity contribution in [3.63, 3.8) is 0 Å². The summed E-state index contributed by atoms with van der Waals surface area (Å²) in [5.74, 6) is -0.584. The van der Waals surface area contributed by atoms with Crippen LogP contribution in [0.1, 0.15) is 6.42 Å². The summed E-state index contributed by atoms with van der Waals surface area (Å²) in [7, 11) is 1.27. The van der Waals surface area contributed by atoms with Gasteiger partial charge in [0.25, 0.3) is 0 Å². The van der Waals surface area contributed by atoms with E-state index < -0.39 is 22.3 Å². The number of nitrogens with one attached hydrogen (secondary N) is 1. The van der Waals surface area contributed by atoms with E-state index in [9.17, 15) is 9.59 Å². The van der Waals surface area contributed by atoms with Crippen LogP contribution in [0.15, 0.2) is 24.3 Å². The standard InChI is InChI=1S/C12H11Cl2NO4/c1-18-11(17)15-7-2-4-8(5-3-7)19-10(16)9-6-12(9,13)14/h2-5,9H,6H2,1H3,(H,15,17). The Morgan fingerprint density at radius 3 is 2.37 bits per heavy atom. The number of alkyl halides is 2. The molecule has 1 unspecified atom stereocenters. The SMILES string of the molecule is COC(=O)Nc1ccc(OC(=O)C2CC2(Cl)Cl)cc1. The minimum atomic E-state index is -0.997. The van der Waals surface area contributed by atoms with Gasteiger partial charge in [-0.15, -0.1) is 23.2 Å². The second-order valence-electron chi connectivity index (χ2n) is 4.08. The number of rotatable bonds is 3. The van der Waals surface area contributed by atoms with E-state index in [0.29, 0.717) is 17.9 Å². The van der Waals surface area contributed by atoms with Gasteiger partial charge < -0.3 is 9.47 Å². The number of carbonyl (C=O) groups is 2. The smallest absolute Gasteiger partial charge is 0.411 e. The fourth-order valence-electron chi connectivity index (χ4n) is 1.43. The van der Waals surface area contributed by atoms with Gasteiger partial charge in [0, 0.05) is 5.69 Å². The van der Waals surface area contributed by atoms with Gasteiger partial charge in [0.2, 0.25) is 0 Å². The lowest BCUT2D eigenvalue weighted by atomic mass is 10.3. The van der Waals surface area contributed by atoms with Crippen LogP contribution in [-0.2, 0) is 9.53 Å². The first-order valence-corrected chi connectivity index (χ1v) is 6.22. The predicted molar refractivity (Wildman–Crippen MR) is 70.6 cm³/mol. The zero-order valence-corrected chi connectivity index (χ0v) is 11.5. The van der Waals surface area contributed by atoms with Crippen LogP contribution < -0.4 is 10.1 Å². The molecule has 1 N–H and O–H groups in total. The normalized spacial score (nSPS) is 19.4. The largest absolute Gasteiger partial charge is 0.453 e. The number of ether oxygens (including phenoxy) is 2. The average Bonchev–Trinajstić information content (AvgIpc) is 3.01. The molecule has 0 bridgehead atoms. The third-order valence-electron chi connectivity index (χ3n) is 2.62. The summed E-state index contributed by atoms with van der Waals surface area (Å²) in [6, 6.07) is 6.27. The molecule has 0 spiro atoms. The molecule has 0 saturated heterocycles. The van der Waals surface area contributed by atoms with Crippen LogP contribution in [0.5, 0.6) is 5.75 Å². The molecule has 1 aliphatic carbocycles. The first-order valence-electron chi connectivity index (χ1n) is 5.47. The molecule has 1 aliphatic rings. The highest BCUT2D eigenvalue weighted by molar-refractivity contribution is 6.52. The quantitative estimate of drug-likeness (QED) is 0.530. The molecular formula is C12H11Cl2NO4. The first-order chi connectivity index (χ1) is 8.92. The molecule has 1 fully saturated rings. The summed E-state index contributed by atoms with van der Waals surface area (Å²) in [6.07, 6.45) is -0.173. The van der Waals surface area contributed by atoms with Crippen molar-refractivity contribution in [1.82, 2.24) is 0 Å². The predicted octanol–water partition coefficient (Wildman–Crippen LogP) is 2.96. The van der Waals surface area contributed by atoms with Gasteiger partial charge >= 0.3 is 12.1 Å². The van der Waals surface area contributed by atoms with Crippen molar-refractivity contribution in [1.29, 1.82) is 0 Å². The third kappa shape index (κ3) is 3.52. The summed E-state index contributed by atoms with van der Waals surface area (Å²) >= 11 is 11.5. The van der Waals surface area contributed by atoms with E-state index in [4.69, 9.17) is 27.9 Å². The molecule has 1 saturated carbocycles. The zero-order chi connectivity index (χ0) is 14.0. The van der Waals surface area contributed by atoms with Gasteiger partial charge in [0.15, 0.2) is 0 Å². The number of esters is 1. The van der Waals surface area contributed by atoms with Crippen LogP contribution in [0.2, 0.25) is 0 Å². The highest BCUT2D eigenvalue weighted by Gasteiger charge is 2.57. The van der Waals surface area contributed by atoms with E-state index in [-0.39, 0.29) is 0 Å². The number of carbonyl (C=O) groups excluding carboxylic acids is 2. The molecule has 2 rings (SSSR count). The number of benzene rings is 1. The Bertz CT molecular complexity index is 501. The van der Waals surface area contributed by atoms with E-state index in [2.05, 4.69) is 10.1 Å². The molecule has 0 heterocycles. The number of amides is 1. The van der Waals surface area contributed by atoms with Crippen LogP contribution in [0, 0.1) is 5.92 Å². The van der Waals surface area contributed by atoms with Crippen molar-refractivity contribution in [2.24, 2.45) is 5.92 Å². The van der Waals surface area contributed by atoms with Crippen molar-refractivity contribution >= 4 is 41.0 Å². The summed E-state index contributed by atoms with van der Waals surface area (Å²) in [5, 5.41) is 2.48. The number of methoxy groups -OCH3 is 1. The molecular weight excluding hydrogens is 293 g/mol. The minimum absolute atomic E-state index is 0.358. The van der Waals surface area contributed by atoms with Crippen molar-refractivity contribution in [3.05, 3.63) is 24.3 Å². The number of halogens is 2. The minimum Gasteiger partial charge on any atom is -0.453 e. The van der Waals surface area contributed by atoms with Gasteiger partial charge in [0.05, 0.1) is 13.0 Å². The Morgan fingerprint density at radius 2 is 1.89 bits per heavy atom. The van der Waals surface area contributed by atoms with Gasteiger partial charge in [-0.1, -0.05) is 0 Å². The number of hydrogen-bond donors (Lipinski definition) is 1. The van der Waals surface area contributed by atoms with Gasteiger partial charge in [0.1, 0.15) is 10.1 Å². The third-order valence-corrected chi connectivity index (χ3v) is 3.45. The van der Waals surface area contributed by atoms with Crippen LogP contribution in [0.3, 0.4) is 0 Å². The van der Waals surface area contributed by atoms with Gasteiger partial charge in [-0.25, -0.2) is 4.79 Å². The van der Waals surface area contributed by atoms with Crippen molar-refractivity contribution in [2.45, 2.75) is 10.8 Å². The van der Waals surface area contributed by atoms with Crippen LogP contribution in [0.25, 0.3) is 0 Å². The van der Waals surface area contributed by atoms with Crippen LogP contribution >= 0.6 is 23.2 Å². The maximum absolute atomic E-state index is 11.6. The molecule has 1 atom stereocenters. The second kappa shape index (κ2) is 5.27. The fourth-order valence-corrected chi connectivity index (χ4v) is 1.92. The highest BCUT2D eigenvalue weighted by atomic mass is 35.5. The summed E-state index contributed by atoms with van der Waals surface area (Å²) in [6.45, 7) is 0. The van der Waals surface area contributed by atoms with E-state index in [1.54, 1.807) is 24.3 Å². The summed E-state index contributed by atoms with van der Waals surface area (Å²) in [4.78, 5) is 22.6. The summed E-state index contributed by atoms with van der Waals surface area (Å²) in [5.41, 5.74) is 0.530. The van der Waals surface area contributed by atoms with Crippen LogP contribution in [-0.4, -0.2) is 23.5 Å². The van der Waals surface area contributed by atoms with E-state index in [1.807, 2.05) is 0 Å². The lowest BCUT2D eigenvalue weighted by Crippen LogP contribution is -2.14. The van der Waals surface area contributed by atoms with Gasteiger partial charge in [-0.3, -0.25) is 10.1 Å². The molecule has 1 amide bonds. The average molecular weight is 304 g/mol. The molecule has 1 aromatic rings. The Labute approximate surface area is 119 Å². The van der Waals surface area contributed by atoms with E-state index in [1.165, 1.54) is 7.11 Å². The summed E-state index contributed by atoms with van der Waals surface area (Å²) < 4.78 is 8.56. The molecule has 1 aromatic carbocycles. The van der Waals surface area contributed by atoms with Gasteiger partial charge in [-0.05, 0) is 30.7 Å². The van der Waals surface area contributed by atoms with Crippen molar-refractivity contribution in [3.8, 4) is 5.75 Å². The van der Waals surface area contributed by atoms with Crippen molar-refractivity contribution in [2.75, 3.05) is 12.4 Å². The Morgan fingerprint density at radius 1 is 1.32 bits per heavy atom. The molecule has 0 aromatic heterocycles. The Kier molecular flexibility index (Phi) is 3.87. The zero-order valence-electron chi connectivity index (χ0n) is 9.98. The highest BCUT2D eigenvalue weighted by Crippen LogP contribution is 2.53. The topological polar surface area (TPSA) is 64.6 Å².